The molecule has 1 aromatic carbocycles. The Morgan fingerprint density at radius 3 is 1.14 bits per heavy atom. The second-order valence-electron chi connectivity index (χ2n) is 9.64. The second-order valence-corrected chi connectivity index (χ2v) is 14.6. The maximum Gasteiger partial charge on any atom is 0.305 e. The van der Waals surface area contributed by atoms with Gasteiger partial charge in [-0.1, -0.05) is 60.1 Å². The maximum absolute atomic E-state index is 10.5. The number of carbonyl (C=O) groups excluding carboxylic acids is 10. The van der Waals surface area contributed by atoms with Crippen molar-refractivity contribution < 1.29 is 52.7 Å². The zero-order valence-electron chi connectivity index (χ0n) is 30.5. The van der Waals surface area contributed by atoms with Crippen LogP contribution in [0.25, 0.3) is 0 Å². The van der Waals surface area contributed by atoms with Gasteiger partial charge < -0.3 is 4.74 Å². The number of esters is 1. The van der Waals surface area contributed by atoms with Gasteiger partial charge in [0.15, 0.2) is 0 Å². The Kier molecular flexibility index (Phi) is 60.0. The second kappa shape index (κ2) is 50.2. The summed E-state index contributed by atoms with van der Waals surface area (Å²) in [5.74, 6) is -0.502. The highest BCUT2D eigenvalue weighted by Crippen LogP contribution is 2.13. The first kappa shape index (κ1) is 66.9. The van der Waals surface area contributed by atoms with E-state index in [9.17, 15) is 47.9 Å². The molecule has 0 aliphatic heterocycles. The van der Waals surface area contributed by atoms with Crippen LogP contribution in [0.2, 0.25) is 0 Å². The molecule has 0 aromatic heterocycles. The van der Waals surface area contributed by atoms with Crippen LogP contribution >= 0.6 is 132 Å². The number of carbonyl (C=O) groups is 10. The fourth-order valence-corrected chi connectivity index (χ4v) is 4.34. The number of hydrogen-bond donors (Lipinski definition) is 0. The lowest BCUT2D eigenvalue weighted by molar-refractivity contribution is -0.141. The molecule has 0 fully saturated rings. The van der Waals surface area contributed by atoms with Crippen molar-refractivity contribution in [3.05, 3.63) is 35.9 Å². The van der Waals surface area contributed by atoms with E-state index in [-0.39, 0.29) is 59.5 Å². The van der Waals surface area contributed by atoms with Crippen LogP contribution in [0.15, 0.2) is 30.3 Å². The first-order chi connectivity index (χ1) is 26.0. The Morgan fingerprint density at radius 2 is 0.946 bits per heavy atom. The number of aryl methyl sites for hydroxylation is 1. The van der Waals surface area contributed by atoms with E-state index < -0.39 is 38.1 Å². The summed E-state index contributed by atoms with van der Waals surface area (Å²) in [5, 5.41) is -3.08. The highest BCUT2D eigenvalue weighted by Gasteiger charge is 2.16. The van der Waals surface area contributed by atoms with E-state index in [1.165, 1.54) is 7.11 Å². The third-order valence-electron chi connectivity index (χ3n) is 4.97. The van der Waals surface area contributed by atoms with Crippen LogP contribution in [0.3, 0.4) is 0 Å². The highest BCUT2D eigenvalue weighted by atomic mass is 79.9. The molecular formula is C34H43BrCl10O11. The van der Waals surface area contributed by atoms with Crippen molar-refractivity contribution in [2.24, 2.45) is 5.92 Å². The van der Waals surface area contributed by atoms with Crippen LogP contribution in [-0.2, 0) is 59.1 Å². The maximum atomic E-state index is 10.5. The molecule has 0 aliphatic rings. The number of ether oxygens (including phenoxy) is 1. The van der Waals surface area contributed by atoms with Crippen LogP contribution < -0.4 is 0 Å². The van der Waals surface area contributed by atoms with Gasteiger partial charge in [-0.2, -0.15) is 0 Å². The molecule has 322 valence electrons. The summed E-state index contributed by atoms with van der Waals surface area (Å²) < 4.78 is 4.25. The molecule has 0 heterocycles. The number of methoxy groups -OCH3 is 1. The van der Waals surface area contributed by atoms with Crippen LogP contribution in [-0.4, -0.2) is 71.5 Å². The predicted molar refractivity (Wildman–Crippen MR) is 230 cm³/mol. The number of benzene rings is 1. The van der Waals surface area contributed by atoms with Crippen molar-refractivity contribution in [2.45, 2.75) is 90.9 Å². The van der Waals surface area contributed by atoms with Crippen molar-refractivity contribution >= 4 is 185 Å². The number of rotatable bonds is 19. The topological polar surface area (TPSA) is 180 Å². The molecule has 0 saturated heterocycles. The van der Waals surface area contributed by atoms with E-state index >= 15 is 0 Å². The minimum absolute atomic E-state index is 0.0316. The molecule has 0 aliphatic carbocycles. The molecule has 1 atom stereocenters. The van der Waals surface area contributed by atoms with E-state index in [0.29, 0.717) is 36.9 Å². The zero-order valence-corrected chi connectivity index (χ0v) is 39.7. The molecule has 0 saturated carbocycles. The Balaban J connectivity index is -0.000000132. The summed E-state index contributed by atoms with van der Waals surface area (Å²) in [6, 6.07) is 9.83. The van der Waals surface area contributed by atoms with E-state index in [1.54, 1.807) is 6.92 Å². The lowest BCUT2D eigenvalue weighted by Crippen LogP contribution is -2.10. The SMILES string of the molecule is CCC(CC(=O)Cl)C(=O)Cl.CCCC(=O)Cl.COC(=O)CCC(=O)Cl.O=C(Cl)CCBr.O=C(Cl)CCC(=O)Cl.O=C(Cl)CCCl.O=C(Cl)CCc1ccccc1. The molecule has 22 heteroatoms. The first-order valence-corrected chi connectivity index (χ1v) is 20.9. The van der Waals surface area contributed by atoms with Crippen molar-refractivity contribution in [3.63, 3.8) is 0 Å². The lowest BCUT2D eigenvalue weighted by Gasteiger charge is -2.03. The summed E-state index contributed by atoms with van der Waals surface area (Å²) >= 11 is 52.9. The third-order valence-corrected chi connectivity index (χ3v) is 7.35. The fraction of sp³-hybridized carbons (Fsp3) is 0.529. The van der Waals surface area contributed by atoms with E-state index in [4.69, 9.17) is 116 Å². The molecule has 0 spiro atoms. The van der Waals surface area contributed by atoms with Gasteiger partial charge in [0.25, 0.3) is 0 Å². The molecular weight excluding hydrogens is 1020 g/mol. The van der Waals surface area contributed by atoms with Gasteiger partial charge in [-0.05, 0) is 129 Å². The molecule has 0 bridgehead atoms. The smallest absolute Gasteiger partial charge is 0.305 e. The standard InChI is InChI=1S/C9H9ClO.C6H8Cl2O2.C5H7ClO3.C4H4Cl2O2.C4H7ClO.C3H4BrClO.C3H4Cl2O/c10-9(11)7-6-8-4-2-1-3-5-8;1-2-4(6(8)10)3-5(7)9;1-9-5(8)3-2-4(6)7;5-3(7)1-2-4(6)8;1-2-3-4(5)6;2*4-2-1-3(5)6/h1-5H,6-7H2;4H,2-3H2,1H3;2-3H2,1H3;1-2H2;2-3H2,1H3;2*1-2H2. The van der Waals surface area contributed by atoms with Gasteiger partial charge in [0.1, 0.15) is 0 Å². The monoisotopic (exact) mass is 1060 g/mol. The zero-order chi connectivity index (χ0) is 45.1. The Morgan fingerprint density at radius 1 is 0.554 bits per heavy atom. The normalized spacial score (nSPS) is 9.46. The summed E-state index contributed by atoms with van der Waals surface area (Å²) in [7, 11) is 1.26. The van der Waals surface area contributed by atoms with Gasteiger partial charge >= 0.3 is 5.97 Å². The quantitative estimate of drug-likeness (QED) is 0.0731. The van der Waals surface area contributed by atoms with Crippen molar-refractivity contribution in [1.29, 1.82) is 0 Å². The first-order valence-electron chi connectivity index (χ1n) is 15.9. The highest BCUT2D eigenvalue weighted by molar-refractivity contribution is 9.09. The molecule has 1 aromatic rings. The average molecular weight is 1060 g/mol. The molecule has 1 unspecified atom stereocenters. The van der Waals surface area contributed by atoms with E-state index in [0.717, 1.165) is 18.4 Å². The molecule has 56 heavy (non-hydrogen) atoms. The molecule has 1 rings (SSSR count). The van der Waals surface area contributed by atoms with Gasteiger partial charge in [0, 0.05) is 68.5 Å². The van der Waals surface area contributed by atoms with E-state index in [1.807, 2.05) is 37.3 Å². The van der Waals surface area contributed by atoms with Gasteiger partial charge in [-0.3, -0.25) is 47.9 Å². The minimum Gasteiger partial charge on any atom is -0.469 e. The lowest BCUT2D eigenvalue weighted by atomic mass is 10.1. The Bertz CT molecular complexity index is 1240. The molecule has 0 amide bonds. The van der Waals surface area contributed by atoms with Crippen LogP contribution in [0.1, 0.15) is 90.0 Å². The summed E-state index contributed by atoms with van der Waals surface area (Å²) in [5.41, 5.74) is 1.15. The third kappa shape index (κ3) is 77.6. The fourth-order valence-electron chi connectivity index (χ4n) is 2.31. The Labute approximate surface area is 385 Å². The van der Waals surface area contributed by atoms with Crippen molar-refractivity contribution in [1.82, 2.24) is 0 Å². The van der Waals surface area contributed by atoms with Gasteiger partial charge in [-0.15, -0.1) is 11.6 Å². The van der Waals surface area contributed by atoms with Gasteiger partial charge in [0.2, 0.25) is 47.2 Å². The molecule has 11 nitrogen and oxygen atoms in total. The summed E-state index contributed by atoms with van der Waals surface area (Å²) in [6.07, 6.45) is 3.98. The van der Waals surface area contributed by atoms with Gasteiger partial charge in [0.05, 0.1) is 13.5 Å². The number of hydrogen-bond acceptors (Lipinski definition) is 11. The van der Waals surface area contributed by atoms with Crippen LogP contribution in [0.5, 0.6) is 0 Å². The largest absolute Gasteiger partial charge is 0.469 e. The van der Waals surface area contributed by atoms with Crippen LogP contribution in [0.4, 0.5) is 0 Å². The predicted octanol–water partition coefficient (Wildman–Crippen LogP) is 10.8. The van der Waals surface area contributed by atoms with Crippen molar-refractivity contribution in [2.75, 3.05) is 18.3 Å². The summed E-state index contributed by atoms with van der Waals surface area (Å²) in [6.45, 7) is 3.70. The Hall–Kier alpha value is -0.900. The average Bonchev–Trinajstić information content (AvgIpc) is 3.09. The number of halogens is 11. The van der Waals surface area contributed by atoms with Gasteiger partial charge in [-0.25, -0.2) is 0 Å². The molecule has 0 N–H and O–H groups in total. The summed E-state index contributed by atoms with van der Waals surface area (Å²) in [4.78, 5) is 101. The minimum atomic E-state index is -0.529. The molecule has 0 radical (unpaired) electrons. The number of alkyl halides is 2. The van der Waals surface area contributed by atoms with E-state index in [2.05, 4.69) is 20.7 Å². The van der Waals surface area contributed by atoms with Crippen LogP contribution in [0, 0.1) is 5.92 Å². The van der Waals surface area contributed by atoms with Crippen molar-refractivity contribution in [3.8, 4) is 0 Å².